The Morgan fingerprint density at radius 3 is 2.70 bits per heavy atom. The van der Waals surface area contributed by atoms with Crippen LogP contribution >= 0.6 is 0 Å². The standard InChI is InChI=1S/C31H31F4N9O2/c1-3-26(45)43-11-10-42(16-20(43)6-7-36)29-27-25(39-30(40-29)46-17-21-12-18(32)15-41(21)2)14-23(28-38-8-9-44(27)28)22-13-19(37)4-5-24(22)31(33,34)35/h3-5,8-9,13-14,18,20-21H,1,6,10-12,15-17,37H2,2H3/t18-,20+,21+/m1/s1. The van der Waals surface area contributed by atoms with E-state index < -0.39 is 24.0 Å². The van der Waals surface area contributed by atoms with Crippen LogP contribution in [-0.2, 0) is 11.0 Å². The molecular formula is C31H31F4N9O2. The van der Waals surface area contributed by atoms with E-state index in [1.807, 2.05) is 9.80 Å². The monoisotopic (exact) mass is 637 g/mol. The number of carbonyl (C=O) groups is 1. The van der Waals surface area contributed by atoms with Gasteiger partial charge in [-0.25, -0.2) is 9.37 Å². The Labute approximate surface area is 261 Å². The van der Waals surface area contributed by atoms with Gasteiger partial charge >= 0.3 is 12.2 Å². The van der Waals surface area contributed by atoms with Crippen molar-refractivity contribution in [2.24, 2.45) is 0 Å². The van der Waals surface area contributed by atoms with Crippen LogP contribution < -0.4 is 15.4 Å². The summed E-state index contributed by atoms with van der Waals surface area (Å²) in [5.74, 6) is 0.0857. The molecule has 4 aromatic rings. The van der Waals surface area contributed by atoms with Gasteiger partial charge in [-0.05, 0) is 49.4 Å². The molecule has 6 rings (SSSR count). The third-order valence-electron chi connectivity index (χ3n) is 8.52. The zero-order valence-electron chi connectivity index (χ0n) is 24.9. The highest BCUT2D eigenvalue weighted by atomic mass is 19.4. The summed E-state index contributed by atoms with van der Waals surface area (Å²) >= 11 is 0. The molecule has 0 bridgehead atoms. The molecule has 2 fully saturated rings. The molecular weight excluding hydrogens is 606 g/mol. The average molecular weight is 638 g/mol. The molecule has 240 valence electrons. The number of piperazine rings is 1. The topological polar surface area (TPSA) is 129 Å². The van der Waals surface area contributed by atoms with Gasteiger partial charge in [-0.2, -0.15) is 28.4 Å². The first kappa shape index (κ1) is 31.0. The molecule has 3 aromatic heterocycles. The summed E-state index contributed by atoms with van der Waals surface area (Å²) in [4.78, 5) is 31.6. The molecule has 11 nitrogen and oxygen atoms in total. The third kappa shape index (κ3) is 5.76. The number of pyridine rings is 1. The molecule has 1 amide bonds. The molecule has 1 aromatic carbocycles. The van der Waals surface area contributed by atoms with Crippen molar-refractivity contribution < 1.29 is 27.1 Å². The minimum absolute atomic E-state index is 0.0475. The van der Waals surface area contributed by atoms with E-state index in [0.717, 1.165) is 6.07 Å². The fourth-order valence-corrected chi connectivity index (χ4v) is 6.28. The van der Waals surface area contributed by atoms with Crippen LogP contribution in [0.3, 0.4) is 0 Å². The van der Waals surface area contributed by atoms with Crippen LogP contribution in [0.4, 0.5) is 29.1 Å². The number of rotatable bonds is 7. The van der Waals surface area contributed by atoms with E-state index in [1.54, 1.807) is 22.5 Å². The van der Waals surface area contributed by atoms with Gasteiger partial charge in [0.25, 0.3) is 0 Å². The predicted molar refractivity (Wildman–Crippen MR) is 163 cm³/mol. The quantitative estimate of drug-likeness (QED) is 0.181. The lowest BCUT2D eigenvalue weighted by Crippen LogP contribution is -2.55. The molecule has 46 heavy (non-hydrogen) atoms. The van der Waals surface area contributed by atoms with Crippen LogP contribution in [0.1, 0.15) is 18.4 Å². The second-order valence-corrected chi connectivity index (χ2v) is 11.5. The summed E-state index contributed by atoms with van der Waals surface area (Å²) in [6.45, 7) is 4.77. The second kappa shape index (κ2) is 12.1. The maximum absolute atomic E-state index is 14.2. The van der Waals surface area contributed by atoms with Crippen molar-refractivity contribution in [3.63, 3.8) is 0 Å². The molecule has 3 atom stereocenters. The van der Waals surface area contributed by atoms with Crippen LogP contribution in [0.5, 0.6) is 6.01 Å². The van der Waals surface area contributed by atoms with Crippen molar-refractivity contribution in [2.45, 2.75) is 37.3 Å². The summed E-state index contributed by atoms with van der Waals surface area (Å²) < 4.78 is 64.3. The SMILES string of the molecule is C=CC(=O)N1CCN(c2nc(OC[C@@H]3C[C@@H](F)CN3C)nc3cc(-c4cc(N)ccc4C(F)(F)F)c4nccn4c23)C[C@@H]1CC#N. The fraction of sp³-hybridized carbons (Fsp3) is 0.387. The summed E-state index contributed by atoms with van der Waals surface area (Å²) in [6, 6.07) is 6.27. The Morgan fingerprint density at radius 2 is 2.00 bits per heavy atom. The molecule has 5 heterocycles. The number of benzene rings is 1. The van der Waals surface area contributed by atoms with Gasteiger partial charge in [0.1, 0.15) is 23.9 Å². The zero-order chi connectivity index (χ0) is 32.7. The number of hydrogen-bond acceptors (Lipinski definition) is 9. The van der Waals surface area contributed by atoms with Crippen molar-refractivity contribution in [3.8, 4) is 23.2 Å². The van der Waals surface area contributed by atoms with Crippen molar-refractivity contribution in [3.05, 3.63) is 54.9 Å². The molecule has 0 radical (unpaired) electrons. The summed E-state index contributed by atoms with van der Waals surface area (Å²) in [6.07, 6.45) is -1.05. The summed E-state index contributed by atoms with van der Waals surface area (Å²) in [7, 11) is 1.80. The van der Waals surface area contributed by atoms with Crippen LogP contribution in [-0.4, -0.2) is 93.1 Å². The zero-order valence-corrected chi connectivity index (χ0v) is 24.9. The number of aromatic nitrogens is 4. The molecule has 2 saturated heterocycles. The number of likely N-dealkylation sites (tertiary alicyclic amines) is 1. The molecule has 0 spiro atoms. The highest BCUT2D eigenvalue weighted by Gasteiger charge is 2.36. The molecule has 2 aliphatic rings. The van der Waals surface area contributed by atoms with Gasteiger partial charge in [-0.15, -0.1) is 0 Å². The van der Waals surface area contributed by atoms with Gasteiger partial charge in [0, 0.05) is 55.9 Å². The van der Waals surface area contributed by atoms with Crippen molar-refractivity contribution in [2.75, 3.05) is 50.5 Å². The minimum atomic E-state index is -4.67. The first-order valence-electron chi connectivity index (χ1n) is 14.7. The van der Waals surface area contributed by atoms with Gasteiger partial charge in [0.05, 0.1) is 29.6 Å². The number of likely N-dealkylation sites (N-methyl/N-ethyl adjacent to an activating group) is 1. The average Bonchev–Trinajstić information content (AvgIpc) is 3.64. The molecule has 0 unspecified atom stereocenters. The van der Waals surface area contributed by atoms with Crippen molar-refractivity contribution >= 4 is 34.1 Å². The number of hydrogen-bond donors (Lipinski definition) is 1. The lowest BCUT2D eigenvalue weighted by molar-refractivity contribution is -0.137. The maximum Gasteiger partial charge on any atom is 0.417 e. The van der Waals surface area contributed by atoms with Crippen molar-refractivity contribution in [1.82, 2.24) is 29.2 Å². The molecule has 15 heteroatoms. The number of carbonyl (C=O) groups excluding carboxylic acids is 1. The largest absolute Gasteiger partial charge is 0.462 e. The number of anilines is 2. The Morgan fingerprint density at radius 1 is 1.20 bits per heavy atom. The van der Waals surface area contributed by atoms with E-state index >= 15 is 0 Å². The van der Waals surface area contributed by atoms with E-state index in [2.05, 4.69) is 22.6 Å². The number of ether oxygens (including phenoxy) is 1. The van der Waals surface area contributed by atoms with Gasteiger partial charge in [0.2, 0.25) is 5.91 Å². The number of fused-ring (bicyclic) bond motifs is 3. The lowest BCUT2D eigenvalue weighted by atomic mass is 9.98. The first-order valence-corrected chi connectivity index (χ1v) is 14.7. The molecule has 0 saturated carbocycles. The van der Waals surface area contributed by atoms with Crippen LogP contribution in [0.25, 0.3) is 27.8 Å². The summed E-state index contributed by atoms with van der Waals surface area (Å²) in [5, 5.41) is 9.52. The highest BCUT2D eigenvalue weighted by molar-refractivity contribution is 5.96. The molecule has 2 N–H and O–H groups in total. The van der Waals surface area contributed by atoms with Gasteiger partial charge in [-0.1, -0.05) is 6.58 Å². The normalized spacial score (nSPS) is 20.7. The lowest BCUT2D eigenvalue weighted by Gasteiger charge is -2.41. The number of halogens is 4. The number of nitrogens with zero attached hydrogens (tertiary/aromatic N) is 8. The van der Waals surface area contributed by atoms with E-state index in [0.29, 0.717) is 17.9 Å². The van der Waals surface area contributed by atoms with E-state index in [1.165, 1.54) is 30.5 Å². The fourth-order valence-electron chi connectivity index (χ4n) is 6.28. The minimum Gasteiger partial charge on any atom is -0.462 e. The molecule has 2 aliphatic heterocycles. The maximum atomic E-state index is 14.2. The number of nitriles is 1. The number of nitrogen functional groups attached to an aromatic ring is 1. The number of alkyl halides is 4. The van der Waals surface area contributed by atoms with Crippen LogP contribution in [0.15, 0.2) is 49.3 Å². The van der Waals surface area contributed by atoms with Gasteiger partial charge in [-0.3, -0.25) is 14.1 Å². The van der Waals surface area contributed by atoms with Crippen molar-refractivity contribution in [1.29, 1.82) is 5.26 Å². The molecule has 0 aliphatic carbocycles. The Kier molecular flexibility index (Phi) is 8.15. The van der Waals surface area contributed by atoms with E-state index in [9.17, 15) is 27.6 Å². The Hall–Kier alpha value is -4.97. The number of imidazole rings is 1. The van der Waals surface area contributed by atoms with Gasteiger partial charge in [0.15, 0.2) is 5.82 Å². The smallest absolute Gasteiger partial charge is 0.417 e. The van der Waals surface area contributed by atoms with Crippen LogP contribution in [0.2, 0.25) is 0 Å². The Bertz CT molecular complexity index is 1850. The number of nitrogens with two attached hydrogens (primary N) is 1. The Balaban J connectivity index is 1.52. The third-order valence-corrected chi connectivity index (χ3v) is 8.52. The van der Waals surface area contributed by atoms with Crippen LogP contribution in [0, 0.1) is 11.3 Å². The summed E-state index contributed by atoms with van der Waals surface area (Å²) in [5.41, 5.74) is 6.12. The predicted octanol–water partition coefficient (Wildman–Crippen LogP) is 4.08. The number of amides is 1. The second-order valence-electron chi connectivity index (χ2n) is 11.5. The van der Waals surface area contributed by atoms with E-state index in [4.69, 9.17) is 15.5 Å². The first-order chi connectivity index (χ1) is 22.0. The van der Waals surface area contributed by atoms with E-state index in [-0.39, 0.29) is 85.0 Å². The van der Waals surface area contributed by atoms with Gasteiger partial charge < -0.3 is 20.3 Å². The highest BCUT2D eigenvalue weighted by Crippen LogP contribution is 2.41.